The van der Waals surface area contributed by atoms with Gasteiger partial charge < -0.3 is 10.0 Å². The number of aromatic nitrogens is 1. The lowest BCUT2D eigenvalue weighted by molar-refractivity contribution is 0.0792. The third-order valence-electron chi connectivity index (χ3n) is 2.64. The number of carbonyl (C=O) groups excluding carboxylic acids is 1. The first-order valence-electron chi connectivity index (χ1n) is 5.94. The third-order valence-corrected chi connectivity index (χ3v) is 2.64. The minimum atomic E-state index is 0.0273. The monoisotopic (exact) mass is 236 g/mol. The Morgan fingerprint density at radius 3 is 2.82 bits per heavy atom. The lowest BCUT2D eigenvalue weighted by atomic mass is 10.2. The average molecular weight is 236 g/mol. The number of nitrogens with zero attached hydrogens (tertiary/aromatic N) is 2. The molecule has 4 heteroatoms. The van der Waals surface area contributed by atoms with Crippen molar-refractivity contribution in [1.29, 1.82) is 0 Å². The van der Waals surface area contributed by atoms with Gasteiger partial charge >= 0.3 is 0 Å². The Kier molecular flexibility index (Phi) is 5.63. The third kappa shape index (κ3) is 4.53. The molecule has 94 valence electrons. The summed E-state index contributed by atoms with van der Waals surface area (Å²) >= 11 is 0. The number of aliphatic hydroxyl groups excluding tert-OH is 1. The molecule has 0 bridgehead atoms. The van der Waals surface area contributed by atoms with Gasteiger partial charge in [0.15, 0.2) is 0 Å². The van der Waals surface area contributed by atoms with Crippen molar-refractivity contribution >= 4 is 5.91 Å². The summed E-state index contributed by atoms with van der Waals surface area (Å²) < 4.78 is 0. The molecule has 0 aromatic carbocycles. The van der Waals surface area contributed by atoms with E-state index in [9.17, 15) is 4.79 Å². The van der Waals surface area contributed by atoms with Gasteiger partial charge in [-0.15, -0.1) is 0 Å². The van der Waals surface area contributed by atoms with Gasteiger partial charge in [0.1, 0.15) is 0 Å². The summed E-state index contributed by atoms with van der Waals surface area (Å²) in [5.74, 6) is 0.0273. The fourth-order valence-electron chi connectivity index (χ4n) is 1.64. The molecule has 1 amide bonds. The highest BCUT2D eigenvalue weighted by Gasteiger charge is 2.11. The molecule has 0 spiro atoms. The first-order chi connectivity index (χ1) is 8.15. The quantitative estimate of drug-likeness (QED) is 0.764. The number of unbranched alkanes of at least 4 members (excludes halogenated alkanes) is 2. The number of carbonyl (C=O) groups is 1. The molecular formula is C13H20N2O2. The summed E-state index contributed by atoms with van der Waals surface area (Å²) in [6, 6.07) is 3.53. The van der Waals surface area contributed by atoms with Crippen LogP contribution in [0.3, 0.4) is 0 Å². The largest absolute Gasteiger partial charge is 0.396 e. The van der Waals surface area contributed by atoms with Crippen LogP contribution in [0.15, 0.2) is 18.3 Å². The number of hydrogen-bond acceptors (Lipinski definition) is 3. The van der Waals surface area contributed by atoms with E-state index in [-0.39, 0.29) is 12.5 Å². The van der Waals surface area contributed by atoms with Gasteiger partial charge in [-0.25, -0.2) is 0 Å². The van der Waals surface area contributed by atoms with Crippen molar-refractivity contribution in [3.63, 3.8) is 0 Å². The van der Waals surface area contributed by atoms with E-state index in [0.29, 0.717) is 5.56 Å². The van der Waals surface area contributed by atoms with Crippen molar-refractivity contribution < 1.29 is 9.90 Å². The van der Waals surface area contributed by atoms with Crippen molar-refractivity contribution in [3.05, 3.63) is 29.6 Å². The van der Waals surface area contributed by atoms with Crippen LogP contribution in [-0.4, -0.2) is 41.1 Å². The van der Waals surface area contributed by atoms with E-state index in [1.165, 1.54) is 0 Å². The van der Waals surface area contributed by atoms with Gasteiger partial charge in [0, 0.05) is 37.7 Å². The van der Waals surface area contributed by atoms with E-state index in [4.69, 9.17) is 5.11 Å². The van der Waals surface area contributed by atoms with E-state index in [0.717, 1.165) is 31.5 Å². The van der Waals surface area contributed by atoms with Crippen LogP contribution in [0.5, 0.6) is 0 Å². The fraction of sp³-hybridized carbons (Fsp3) is 0.538. The molecule has 1 rings (SSSR count). The summed E-state index contributed by atoms with van der Waals surface area (Å²) in [4.78, 5) is 17.8. The van der Waals surface area contributed by atoms with Gasteiger partial charge in [0.05, 0.1) is 0 Å². The summed E-state index contributed by atoms with van der Waals surface area (Å²) in [6.07, 6.45) is 4.33. The van der Waals surface area contributed by atoms with Gasteiger partial charge in [-0.05, 0) is 38.3 Å². The summed E-state index contributed by atoms with van der Waals surface area (Å²) in [5.41, 5.74) is 1.53. The van der Waals surface area contributed by atoms with E-state index in [1.54, 1.807) is 30.3 Å². The molecule has 0 aliphatic heterocycles. The van der Waals surface area contributed by atoms with Crippen molar-refractivity contribution in [2.45, 2.75) is 26.2 Å². The van der Waals surface area contributed by atoms with Gasteiger partial charge in [0.2, 0.25) is 0 Å². The van der Waals surface area contributed by atoms with Crippen LogP contribution >= 0.6 is 0 Å². The number of aryl methyl sites for hydroxylation is 1. The Bertz CT molecular complexity index is 366. The molecule has 0 saturated carbocycles. The zero-order valence-corrected chi connectivity index (χ0v) is 10.5. The zero-order valence-electron chi connectivity index (χ0n) is 10.5. The first-order valence-corrected chi connectivity index (χ1v) is 5.94. The van der Waals surface area contributed by atoms with Gasteiger partial charge in [-0.3, -0.25) is 9.78 Å². The maximum absolute atomic E-state index is 12.0. The van der Waals surface area contributed by atoms with Crippen molar-refractivity contribution in [1.82, 2.24) is 9.88 Å². The Morgan fingerprint density at radius 2 is 2.18 bits per heavy atom. The van der Waals surface area contributed by atoms with Crippen LogP contribution in [0.2, 0.25) is 0 Å². The van der Waals surface area contributed by atoms with Crippen LogP contribution in [0.25, 0.3) is 0 Å². The molecule has 0 fully saturated rings. The number of amides is 1. The molecule has 0 radical (unpaired) electrons. The maximum Gasteiger partial charge on any atom is 0.253 e. The molecule has 0 aliphatic rings. The Morgan fingerprint density at radius 1 is 1.41 bits per heavy atom. The molecule has 17 heavy (non-hydrogen) atoms. The molecular weight excluding hydrogens is 216 g/mol. The van der Waals surface area contributed by atoms with Crippen LogP contribution in [-0.2, 0) is 0 Å². The molecule has 0 atom stereocenters. The van der Waals surface area contributed by atoms with Crippen LogP contribution in [0.4, 0.5) is 0 Å². The fourth-order valence-corrected chi connectivity index (χ4v) is 1.64. The SMILES string of the molecule is Cc1cc(C(=O)N(C)CCCCCO)ccn1. The molecule has 1 aromatic heterocycles. The number of hydrogen-bond donors (Lipinski definition) is 1. The van der Waals surface area contributed by atoms with Crippen LogP contribution in [0, 0.1) is 6.92 Å². The lowest BCUT2D eigenvalue weighted by Crippen LogP contribution is -2.27. The van der Waals surface area contributed by atoms with Crippen LogP contribution < -0.4 is 0 Å². The number of rotatable bonds is 6. The summed E-state index contributed by atoms with van der Waals surface area (Å²) in [6.45, 7) is 2.82. The Balaban J connectivity index is 2.46. The highest BCUT2D eigenvalue weighted by atomic mass is 16.2. The standard InChI is InChI=1S/C13H20N2O2/c1-11-10-12(6-7-14-11)13(17)15(2)8-4-3-5-9-16/h6-7,10,16H,3-5,8-9H2,1-2H3. The normalized spacial score (nSPS) is 10.3. The van der Waals surface area contributed by atoms with Crippen molar-refractivity contribution in [2.24, 2.45) is 0 Å². The van der Waals surface area contributed by atoms with Gasteiger partial charge in [0.25, 0.3) is 5.91 Å². The molecule has 0 unspecified atom stereocenters. The predicted octanol–water partition coefficient (Wildman–Crippen LogP) is 1.62. The average Bonchev–Trinajstić information content (AvgIpc) is 2.33. The zero-order chi connectivity index (χ0) is 12.7. The topological polar surface area (TPSA) is 53.4 Å². The lowest BCUT2D eigenvalue weighted by Gasteiger charge is -2.17. The summed E-state index contributed by atoms with van der Waals surface area (Å²) in [7, 11) is 1.80. The van der Waals surface area contributed by atoms with Crippen molar-refractivity contribution in [3.8, 4) is 0 Å². The maximum atomic E-state index is 12.0. The predicted molar refractivity (Wildman–Crippen MR) is 66.9 cm³/mol. The minimum absolute atomic E-state index is 0.0273. The second-order valence-electron chi connectivity index (χ2n) is 4.20. The molecule has 1 aromatic rings. The van der Waals surface area contributed by atoms with Crippen molar-refractivity contribution in [2.75, 3.05) is 20.2 Å². The minimum Gasteiger partial charge on any atom is -0.396 e. The van der Waals surface area contributed by atoms with Crippen LogP contribution in [0.1, 0.15) is 35.3 Å². The number of pyridine rings is 1. The second-order valence-corrected chi connectivity index (χ2v) is 4.20. The molecule has 1 N–H and O–H groups in total. The number of aliphatic hydroxyl groups is 1. The Hall–Kier alpha value is -1.42. The first kappa shape index (κ1) is 13.6. The molecule has 0 saturated heterocycles. The highest BCUT2D eigenvalue weighted by molar-refractivity contribution is 5.94. The Labute approximate surface area is 102 Å². The van der Waals surface area contributed by atoms with Gasteiger partial charge in [-0.1, -0.05) is 0 Å². The summed E-state index contributed by atoms with van der Waals surface area (Å²) in [5, 5.41) is 8.66. The molecule has 1 heterocycles. The van der Waals surface area contributed by atoms with E-state index in [2.05, 4.69) is 4.98 Å². The van der Waals surface area contributed by atoms with E-state index >= 15 is 0 Å². The van der Waals surface area contributed by atoms with E-state index < -0.39 is 0 Å². The molecule has 0 aliphatic carbocycles. The van der Waals surface area contributed by atoms with E-state index in [1.807, 2.05) is 6.92 Å². The highest BCUT2D eigenvalue weighted by Crippen LogP contribution is 2.06. The van der Waals surface area contributed by atoms with Gasteiger partial charge in [-0.2, -0.15) is 0 Å². The smallest absolute Gasteiger partial charge is 0.253 e. The molecule has 4 nitrogen and oxygen atoms in total. The second kappa shape index (κ2) is 7.01.